The Bertz CT molecular complexity index is 611. The maximum atomic E-state index is 13.2. The Labute approximate surface area is 124 Å². The summed E-state index contributed by atoms with van der Waals surface area (Å²) >= 11 is 6.04. The molecule has 0 saturated carbocycles. The largest absolute Gasteiger partial charge is 0.379 e. The van der Waals surface area contributed by atoms with Gasteiger partial charge >= 0.3 is 0 Å². The van der Waals surface area contributed by atoms with Gasteiger partial charge in [-0.05, 0) is 42.3 Å². The van der Waals surface area contributed by atoms with Crippen molar-refractivity contribution in [2.24, 2.45) is 0 Å². The molecule has 0 radical (unpaired) electrons. The van der Waals surface area contributed by atoms with Gasteiger partial charge in [-0.25, -0.2) is 4.39 Å². The fraction of sp³-hybridized carbons (Fsp3) is 0.250. The second-order valence-corrected chi connectivity index (χ2v) is 5.43. The maximum absolute atomic E-state index is 13.2. The van der Waals surface area contributed by atoms with Crippen LogP contribution in [0.5, 0.6) is 0 Å². The third-order valence-corrected chi connectivity index (χ3v) is 3.38. The number of nitrogens with one attached hydrogen (secondary N) is 1. The predicted molar refractivity (Wildman–Crippen MR) is 84.2 cm³/mol. The Morgan fingerprint density at radius 2 is 1.90 bits per heavy atom. The Balaban J connectivity index is 2.17. The molecule has 0 aromatic heterocycles. The van der Waals surface area contributed by atoms with Gasteiger partial charge in [0.1, 0.15) is 5.82 Å². The van der Waals surface area contributed by atoms with E-state index < -0.39 is 0 Å². The molecule has 20 heavy (non-hydrogen) atoms. The van der Waals surface area contributed by atoms with Gasteiger partial charge in [0.15, 0.2) is 0 Å². The van der Waals surface area contributed by atoms with Gasteiger partial charge in [-0.15, -0.1) is 0 Å². The number of halogens is 2. The average molecular weight is 293 g/mol. The number of nitrogens with zero attached hydrogens (tertiary/aromatic N) is 1. The highest BCUT2D eigenvalue weighted by Gasteiger charge is 2.06. The summed E-state index contributed by atoms with van der Waals surface area (Å²) in [5.74, 6) is -0.175. The van der Waals surface area contributed by atoms with Crippen LogP contribution in [0.15, 0.2) is 36.4 Å². The van der Waals surface area contributed by atoms with Crippen LogP contribution in [0.1, 0.15) is 11.1 Å². The normalized spacial score (nSPS) is 10.4. The number of anilines is 2. The van der Waals surface area contributed by atoms with Gasteiger partial charge in [0.05, 0.1) is 11.4 Å². The highest BCUT2D eigenvalue weighted by Crippen LogP contribution is 2.28. The molecule has 0 aliphatic carbocycles. The molecule has 0 aliphatic heterocycles. The van der Waals surface area contributed by atoms with Crippen LogP contribution in [0.4, 0.5) is 15.8 Å². The topological polar surface area (TPSA) is 15.3 Å². The van der Waals surface area contributed by atoms with Crippen molar-refractivity contribution < 1.29 is 4.39 Å². The van der Waals surface area contributed by atoms with Gasteiger partial charge < -0.3 is 10.2 Å². The van der Waals surface area contributed by atoms with E-state index in [1.165, 1.54) is 6.07 Å². The van der Waals surface area contributed by atoms with Crippen LogP contribution in [0.25, 0.3) is 0 Å². The average Bonchev–Trinajstić information content (AvgIpc) is 2.40. The number of rotatable bonds is 4. The molecule has 2 nitrogen and oxygen atoms in total. The van der Waals surface area contributed by atoms with Gasteiger partial charge in [0.25, 0.3) is 0 Å². The molecule has 0 unspecified atom stereocenters. The lowest BCUT2D eigenvalue weighted by Crippen LogP contribution is -2.12. The van der Waals surface area contributed by atoms with Gasteiger partial charge in [-0.3, -0.25) is 0 Å². The van der Waals surface area contributed by atoms with E-state index in [4.69, 9.17) is 11.6 Å². The summed E-state index contributed by atoms with van der Waals surface area (Å²) in [6, 6.07) is 10.9. The van der Waals surface area contributed by atoms with Crippen LogP contribution in [0, 0.1) is 12.7 Å². The molecule has 0 atom stereocenters. The maximum Gasteiger partial charge on any atom is 0.126 e. The van der Waals surface area contributed by atoms with Crippen molar-refractivity contribution in [2.45, 2.75) is 13.5 Å². The van der Waals surface area contributed by atoms with E-state index in [0.717, 1.165) is 16.9 Å². The zero-order valence-electron chi connectivity index (χ0n) is 11.9. The zero-order valence-corrected chi connectivity index (χ0v) is 12.6. The van der Waals surface area contributed by atoms with Crippen molar-refractivity contribution in [1.82, 2.24) is 0 Å². The fourth-order valence-electron chi connectivity index (χ4n) is 2.05. The molecule has 0 saturated heterocycles. The monoisotopic (exact) mass is 292 g/mol. The van der Waals surface area contributed by atoms with Gasteiger partial charge in [0, 0.05) is 25.7 Å². The van der Waals surface area contributed by atoms with Crippen LogP contribution in [-0.2, 0) is 6.54 Å². The first-order chi connectivity index (χ1) is 9.47. The van der Waals surface area contributed by atoms with E-state index in [0.29, 0.717) is 17.1 Å². The van der Waals surface area contributed by atoms with E-state index >= 15 is 0 Å². The molecular weight excluding hydrogens is 275 g/mol. The first-order valence-electron chi connectivity index (χ1n) is 6.43. The van der Waals surface area contributed by atoms with Crippen LogP contribution < -0.4 is 10.2 Å². The molecule has 0 spiro atoms. The van der Waals surface area contributed by atoms with Gasteiger partial charge in [-0.2, -0.15) is 0 Å². The van der Waals surface area contributed by atoms with E-state index in [1.54, 1.807) is 13.0 Å². The minimum Gasteiger partial charge on any atom is -0.379 e. The summed E-state index contributed by atoms with van der Waals surface area (Å²) in [6.45, 7) is 2.39. The minimum atomic E-state index is -0.175. The lowest BCUT2D eigenvalue weighted by molar-refractivity contribution is 0.617. The highest BCUT2D eigenvalue weighted by atomic mass is 35.5. The number of benzene rings is 2. The first-order valence-corrected chi connectivity index (χ1v) is 6.81. The van der Waals surface area contributed by atoms with E-state index in [9.17, 15) is 4.39 Å². The molecule has 1 N–H and O–H groups in total. The standard InChI is InChI=1S/C16H18ClFN2/c1-11-8-12(4-6-14(11)18)10-19-15-9-13(17)5-7-16(15)20(2)3/h4-9,19H,10H2,1-3H3. The molecular formula is C16H18ClFN2. The summed E-state index contributed by atoms with van der Waals surface area (Å²) in [6.07, 6.45) is 0. The van der Waals surface area contributed by atoms with E-state index in [1.807, 2.05) is 43.3 Å². The predicted octanol–water partition coefficient (Wildman–Crippen LogP) is 4.47. The van der Waals surface area contributed by atoms with Gasteiger partial charge in [0.2, 0.25) is 0 Å². The molecule has 0 aliphatic rings. The second-order valence-electron chi connectivity index (χ2n) is 4.99. The molecule has 0 heterocycles. The molecule has 0 fully saturated rings. The minimum absolute atomic E-state index is 0.175. The molecule has 0 bridgehead atoms. The number of hydrogen-bond donors (Lipinski definition) is 1. The first kappa shape index (κ1) is 14.7. The van der Waals surface area contributed by atoms with E-state index in [-0.39, 0.29) is 5.82 Å². The number of aryl methyl sites for hydroxylation is 1. The number of hydrogen-bond acceptors (Lipinski definition) is 2. The van der Waals surface area contributed by atoms with Crippen molar-refractivity contribution in [3.05, 3.63) is 58.4 Å². The van der Waals surface area contributed by atoms with Crippen molar-refractivity contribution >= 4 is 23.0 Å². The highest BCUT2D eigenvalue weighted by molar-refractivity contribution is 6.31. The third kappa shape index (κ3) is 3.42. The summed E-state index contributed by atoms with van der Waals surface area (Å²) in [5, 5.41) is 4.04. The Morgan fingerprint density at radius 1 is 1.15 bits per heavy atom. The fourth-order valence-corrected chi connectivity index (χ4v) is 2.23. The van der Waals surface area contributed by atoms with Gasteiger partial charge in [-0.1, -0.05) is 23.7 Å². The van der Waals surface area contributed by atoms with Crippen LogP contribution in [-0.4, -0.2) is 14.1 Å². The van der Waals surface area contributed by atoms with E-state index in [2.05, 4.69) is 5.32 Å². The molecule has 2 aromatic carbocycles. The molecule has 106 valence electrons. The van der Waals surface area contributed by atoms with Crippen molar-refractivity contribution in [2.75, 3.05) is 24.3 Å². The smallest absolute Gasteiger partial charge is 0.126 e. The summed E-state index contributed by atoms with van der Waals surface area (Å²) < 4.78 is 13.2. The summed E-state index contributed by atoms with van der Waals surface area (Å²) in [7, 11) is 3.97. The Morgan fingerprint density at radius 3 is 2.55 bits per heavy atom. The van der Waals surface area contributed by atoms with Crippen molar-refractivity contribution in [3.63, 3.8) is 0 Å². The third-order valence-electron chi connectivity index (χ3n) is 3.15. The molecule has 0 amide bonds. The lowest BCUT2D eigenvalue weighted by atomic mass is 10.1. The van der Waals surface area contributed by atoms with Crippen LogP contribution >= 0.6 is 11.6 Å². The molecule has 4 heteroatoms. The Kier molecular flexibility index (Phi) is 4.50. The lowest BCUT2D eigenvalue weighted by Gasteiger charge is -2.19. The van der Waals surface area contributed by atoms with Crippen LogP contribution in [0.3, 0.4) is 0 Å². The quantitative estimate of drug-likeness (QED) is 0.894. The SMILES string of the molecule is Cc1cc(CNc2cc(Cl)ccc2N(C)C)ccc1F. The van der Waals surface area contributed by atoms with Crippen molar-refractivity contribution in [1.29, 1.82) is 0 Å². The van der Waals surface area contributed by atoms with Crippen molar-refractivity contribution in [3.8, 4) is 0 Å². The summed E-state index contributed by atoms with van der Waals surface area (Å²) in [4.78, 5) is 2.02. The van der Waals surface area contributed by atoms with Crippen LogP contribution in [0.2, 0.25) is 5.02 Å². The molecule has 2 rings (SSSR count). The Hall–Kier alpha value is -1.74. The summed E-state index contributed by atoms with van der Waals surface area (Å²) in [5.41, 5.74) is 3.72. The molecule has 2 aromatic rings. The zero-order chi connectivity index (χ0) is 14.7. The second kappa shape index (κ2) is 6.14.